The van der Waals surface area contributed by atoms with Crippen LogP contribution in [0.1, 0.15) is 49.6 Å². The minimum Gasteiger partial charge on any atom is -0.376 e. The number of amides is 1. The van der Waals surface area contributed by atoms with Crippen LogP contribution in [0.25, 0.3) is 0 Å². The molecule has 1 N–H and O–H groups in total. The molecular weight excluding hydrogens is 308 g/mol. The maximum atomic E-state index is 12.3. The van der Waals surface area contributed by atoms with E-state index in [0.29, 0.717) is 12.2 Å². The van der Waals surface area contributed by atoms with Crippen molar-refractivity contribution in [1.29, 1.82) is 0 Å². The van der Waals surface area contributed by atoms with Gasteiger partial charge in [0.1, 0.15) is 5.69 Å². The van der Waals surface area contributed by atoms with Gasteiger partial charge in [0.25, 0.3) is 5.91 Å². The van der Waals surface area contributed by atoms with E-state index in [2.05, 4.69) is 35.1 Å². The van der Waals surface area contributed by atoms with E-state index in [9.17, 15) is 4.79 Å². The summed E-state index contributed by atoms with van der Waals surface area (Å²) < 4.78 is 8.41. The molecule has 0 atom stereocenters. The van der Waals surface area contributed by atoms with E-state index in [-0.39, 0.29) is 17.6 Å². The highest BCUT2D eigenvalue weighted by molar-refractivity contribution is 9.10. The van der Waals surface area contributed by atoms with Crippen molar-refractivity contribution >= 4 is 21.8 Å². The second-order valence-corrected chi connectivity index (χ2v) is 6.38. The molecule has 1 heterocycles. The van der Waals surface area contributed by atoms with Gasteiger partial charge in [0, 0.05) is 30.4 Å². The van der Waals surface area contributed by atoms with Crippen molar-refractivity contribution in [2.45, 2.75) is 44.8 Å². The van der Waals surface area contributed by atoms with E-state index in [1.54, 1.807) is 7.11 Å². The highest BCUT2D eigenvalue weighted by Gasteiger charge is 2.37. The molecule has 1 aliphatic carbocycles. The Labute approximate surface area is 122 Å². The van der Waals surface area contributed by atoms with Crippen molar-refractivity contribution in [3.8, 4) is 0 Å². The van der Waals surface area contributed by atoms with Gasteiger partial charge in [0.05, 0.1) is 5.60 Å². The van der Waals surface area contributed by atoms with Crippen LogP contribution in [0.5, 0.6) is 0 Å². The fourth-order valence-electron chi connectivity index (χ4n) is 2.41. The Morgan fingerprint density at radius 3 is 2.74 bits per heavy atom. The number of aromatic nitrogens is 1. The first-order valence-corrected chi connectivity index (χ1v) is 7.47. The molecule has 1 aromatic rings. The van der Waals surface area contributed by atoms with Crippen LogP contribution in [0.3, 0.4) is 0 Å². The first-order valence-electron chi connectivity index (χ1n) is 6.68. The summed E-state index contributed by atoms with van der Waals surface area (Å²) in [5, 5.41) is 3.00. The topological polar surface area (TPSA) is 43.3 Å². The van der Waals surface area contributed by atoms with E-state index in [0.717, 1.165) is 17.3 Å². The Hall–Kier alpha value is -0.810. The minimum atomic E-state index is -0.137. The maximum absolute atomic E-state index is 12.3. The molecule has 0 saturated heterocycles. The molecule has 0 aliphatic heterocycles. The number of rotatable bonds is 5. The number of nitrogens with zero attached hydrogens (tertiary/aromatic N) is 1. The van der Waals surface area contributed by atoms with Gasteiger partial charge in [-0.3, -0.25) is 4.79 Å². The summed E-state index contributed by atoms with van der Waals surface area (Å²) in [6.07, 6.45) is 5.17. The van der Waals surface area contributed by atoms with Crippen LogP contribution in [-0.2, 0) is 4.74 Å². The van der Waals surface area contributed by atoms with Gasteiger partial charge in [-0.25, -0.2) is 0 Å². The quantitative estimate of drug-likeness (QED) is 0.902. The average molecular weight is 329 g/mol. The average Bonchev–Trinajstić information content (AvgIpc) is 2.70. The molecule has 1 fully saturated rings. The van der Waals surface area contributed by atoms with Gasteiger partial charge in [-0.2, -0.15) is 0 Å². The molecule has 1 saturated carbocycles. The molecule has 1 amide bonds. The fraction of sp³-hybridized carbons (Fsp3) is 0.643. The summed E-state index contributed by atoms with van der Waals surface area (Å²) in [7, 11) is 1.72. The summed E-state index contributed by atoms with van der Waals surface area (Å²) in [5.41, 5.74) is 0.551. The van der Waals surface area contributed by atoms with E-state index < -0.39 is 0 Å². The lowest BCUT2D eigenvalue weighted by atomic mass is 9.80. The van der Waals surface area contributed by atoms with Crippen LogP contribution >= 0.6 is 15.9 Å². The van der Waals surface area contributed by atoms with E-state index in [1.165, 1.54) is 6.42 Å². The molecule has 0 bridgehead atoms. The zero-order chi connectivity index (χ0) is 14.0. The molecule has 2 rings (SSSR count). The number of hydrogen-bond acceptors (Lipinski definition) is 2. The summed E-state index contributed by atoms with van der Waals surface area (Å²) in [6.45, 7) is 4.71. The molecule has 0 unspecified atom stereocenters. The molecule has 4 nitrogen and oxygen atoms in total. The zero-order valence-corrected chi connectivity index (χ0v) is 13.3. The Morgan fingerprint density at radius 1 is 1.58 bits per heavy atom. The van der Waals surface area contributed by atoms with Crippen LogP contribution in [0.2, 0.25) is 0 Å². The Bertz CT molecular complexity index is 459. The minimum absolute atomic E-state index is 0.0391. The standard InChI is InChI=1S/C14H21BrN2O2/c1-10(2)17-8-11(15)7-12(17)13(18)16-9-14(19-3)5-4-6-14/h7-8,10H,4-6,9H2,1-3H3,(H,16,18). The van der Waals surface area contributed by atoms with Gasteiger partial charge in [0.15, 0.2) is 0 Å². The van der Waals surface area contributed by atoms with Crippen molar-refractivity contribution in [2.75, 3.05) is 13.7 Å². The third-order valence-electron chi connectivity index (χ3n) is 3.87. The SMILES string of the molecule is COC1(CNC(=O)c2cc(Br)cn2C(C)C)CCC1. The predicted molar refractivity (Wildman–Crippen MR) is 78.4 cm³/mol. The second kappa shape index (κ2) is 5.67. The van der Waals surface area contributed by atoms with Gasteiger partial charge in [-0.1, -0.05) is 0 Å². The summed E-state index contributed by atoms with van der Waals surface area (Å²) >= 11 is 3.42. The van der Waals surface area contributed by atoms with Crippen LogP contribution in [0.15, 0.2) is 16.7 Å². The molecule has 0 aromatic carbocycles. The van der Waals surface area contributed by atoms with Crippen LogP contribution in [0, 0.1) is 0 Å². The van der Waals surface area contributed by atoms with Crippen molar-refractivity contribution < 1.29 is 9.53 Å². The molecule has 0 radical (unpaired) electrons. The van der Waals surface area contributed by atoms with Crippen LogP contribution in [-0.4, -0.2) is 29.7 Å². The Balaban J connectivity index is 2.04. The van der Waals surface area contributed by atoms with Gasteiger partial charge >= 0.3 is 0 Å². The number of halogens is 1. The largest absolute Gasteiger partial charge is 0.376 e. The third kappa shape index (κ3) is 3.03. The first-order chi connectivity index (χ1) is 8.97. The van der Waals surface area contributed by atoms with E-state index >= 15 is 0 Å². The number of hydrogen-bond donors (Lipinski definition) is 1. The molecule has 1 aliphatic rings. The second-order valence-electron chi connectivity index (χ2n) is 5.47. The lowest BCUT2D eigenvalue weighted by Crippen LogP contribution is -2.49. The number of ether oxygens (including phenoxy) is 1. The Morgan fingerprint density at radius 2 is 2.26 bits per heavy atom. The van der Waals surface area contributed by atoms with Crippen LogP contribution in [0.4, 0.5) is 0 Å². The van der Waals surface area contributed by atoms with Gasteiger partial charge in [0.2, 0.25) is 0 Å². The molecule has 1 aromatic heterocycles. The smallest absolute Gasteiger partial charge is 0.268 e. The van der Waals surface area contributed by atoms with Gasteiger partial charge < -0.3 is 14.6 Å². The summed E-state index contributed by atoms with van der Waals surface area (Å²) in [5.74, 6) is -0.0391. The summed E-state index contributed by atoms with van der Waals surface area (Å²) in [4.78, 5) is 12.3. The molecule has 0 spiro atoms. The lowest BCUT2D eigenvalue weighted by Gasteiger charge is -2.40. The lowest BCUT2D eigenvalue weighted by molar-refractivity contribution is -0.0679. The number of nitrogens with one attached hydrogen (secondary N) is 1. The van der Waals surface area contributed by atoms with E-state index in [4.69, 9.17) is 4.74 Å². The highest BCUT2D eigenvalue weighted by Crippen LogP contribution is 2.34. The molecular formula is C14H21BrN2O2. The molecule has 5 heteroatoms. The van der Waals surface area contributed by atoms with Gasteiger partial charge in [-0.15, -0.1) is 0 Å². The first kappa shape index (κ1) is 14.6. The maximum Gasteiger partial charge on any atom is 0.268 e. The fourth-order valence-corrected chi connectivity index (χ4v) is 2.85. The third-order valence-corrected chi connectivity index (χ3v) is 4.31. The van der Waals surface area contributed by atoms with Crippen molar-refractivity contribution in [3.05, 3.63) is 22.4 Å². The summed E-state index contributed by atoms with van der Waals surface area (Å²) in [6, 6.07) is 2.11. The molecule has 106 valence electrons. The Kier molecular flexibility index (Phi) is 4.36. The zero-order valence-electron chi connectivity index (χ0n) is 11.7. The van der Waals surface area contributed by atoms with Crippen molar-refractivity contribution in [3.63, 3.8) is 0 Å². The molecule has 19 heavy (non-hydrogen) atoms. The predicted octanol–water partition coefficient (Wildman–Crippen LogP) is 3.13. The van der Waals surface area contributed by atoms with Crippen LogP contribution < -0.4 is 5.32 Å². The van der Waals surface area contributed by atoms with Gasteiger partial charge in [-0.05, 0) is 55.1 Å². The number of methoxy groups -OCH3 is 1. The van der Waals surface area contributed by atoms with Crippen molar-refractivity contribution in [1.82, 2.24) is 9.88 Å². The van der Waals surface area contributed by atoms with Crippen molar-refractivity contribution in [2.24, 2.45) is 0 Å². The number of carbonyl (C=O) groups excluding carboxylic acids is 1. The number of carbonyl (C=O) groups is 1. The highest BCUT2D eigenvalue weighted by atomic mass is 79.9. The normalized spacial score (nSPS) is 17.3. The van der Waals surface area contributed by atoms with E-state index in [1.807, 2.05) is 16.8 Å². The monoisotopic (exact) mass is 328 g/mol.